The average Bonchev–Trinajstić information content (AvgIpc) is 2.98. The highest BCUT2D eigenvalue weighted by Gasteiger charge is 2.42. The summed E-state index contributed by atoms with van der Waals surface area (Å²) in [5, 5.41) is 9.10. The van der Waals surface area contributed by atoms with Gasteiger partial charge in [-0.15, -0.1) is 0 Å². The van der Waals surface area contributed by atoms with E-state index in [9.17, 15) is 28.2 Å². The van der Waals surface area contributed by atoms with Gasteiger partial charge in [0.2, 0.25) is 11.7 Å². The van der Waals surface area contributed by atoms with Crippen molar-refractivity contribution in [2.24, 2.45) is 17.1 Å². The molecule has 0 spiro atoms. The summed E-state index contributed by atoms with van der Waals surface area (Å²) in [6, 6.07) is 2.62. The Morgan fingerprint density at radius 3 is 2.28 bits per heavy atom. The van der Waals surface area contributed by atoms with Gasteiger partial charge in [0.05, 0.1) is 28.1 Å². The van der Waals surface area contributed by atoms with Crippen molar-refractivity contribution < 1.29 is 28.2 Å². The van der Waals surface area contributed by atoms with Crippen LogP contribution in [0.3, 0.4) is 0 Å². The molecule has 0 radical (unpaired) electrons. The normalized spacial score (nSPS) is 19.0. The van der Waals surface area contributed by atoms with Gasteiger partial charge in [-0.3, -0.25) is 23.4 Å². The van der Waals surface area contributed by atoms with Crippen LogP contribution in [0.5, 0.6) is 0 Å². The van der Waals surface area contributed by atoms with Crippen molar-refractivity contribution in [1.82, 2.24) is 25.8 Å². The third-order valence-electron chi connectivity index (χ3n) is 8.76. The van der Waals surface area contributed by atoms with Crippen LogP contribution in [0.2, 0.25) is 0 Å². The zero-order valence-corrected chi connectivity index (χ0v) is 30.3. The lowest BCUT2D eigenvalue weighted by atomic mass is 9.80. The number of amides is 5. The maximum absolute atomic E-state index is 14.2. The van der Waals surface area contributed by atoms with Crippen LogP contribution in [0.25, 0.3) is 0 Å². The van der Waals surface area contributed by atoms with Gasteiger partial charge in [-0.05, 0) is 71.7 Å². The Labute approximate surface area is 288 Å². The first-order valence-corrected chi connectivity index (χ1v) is 18.7. The first-order chi connectivity index (χ1) is 21.7. The van der Waals surface area contributed by atoms with E-state index in [0.29, 0.717) is 30.7 Å². The summed E-state index contributed by atoms with van der Waals surface area (Å²) >= 11 is 1.86. The minimum absolute atomic E-state index is 0.204. The summed E-state index contributed by atoms with van der Waals surface area (Å²) in [4.78, 5) is 71.1. The van der Waals surface area contributed by atoms with Gasteiger partial charge in [0, 0.05) is 12.7 Å². The predicted octanol–water partition coefficient (Wildman–Crippen LogP) is 3.34. The number of nitrogens with zero attached hydrogens (tertiary/aromatic N) is 2. The van der Waals surface area contributed by atoms with E-state index in [2.05, 4.69) is 20.9 Å². The first kappa shape index (κ1) is 37.8. The largest absolute Gasteiger partial charge is 0.363 e. The number of carbonyl (C=O) groups is 5. The summed E-state index contributed by atoms with van der Waals surface area (Å²) in [6.07, 6.45) is 9.36. The van der Waals surface area contributed by atoms with Gasteiger partial charge in [-0.1, -0.05) is 72.3 Å². The second-order valence-corrected chi connectivity index (χ2v) is 16.2. The number of primary amides is 1. The molecular weight excluding hydrogens is 723 g/mol. The highest BCUT2D eigenvalue weighted by Crippen LogP contribution is 2.32. The molecule has 2 fully saturated rings. The fourth-order valence-corrected chi connectivity index (χ4v) is 8.14. The SMILES string of the molecule is CCCN(C(=O)[C@@H](NC(=O)NC1(CS(=O)c2ccccn2)CCCCC1)C(C)(C)C)[C@@H](I)C(=O)NC(CC1CCC1)C(=O)C(N)=O. The standard InChI is InChI=1S/C32H49IN6O6S/c1-5-18-39(26(33)28(42)36-22(24(40)27(34)41)19-21-12-11-13-21)29(43)25(31(2,3)4)37-30(44)38-32(15-8-6-9-16-32)20-46(45)23-14-7-10-17-35-23/h7,10,14,17,21-22,25-26H,5-6,8-9,11-13,15-16,18-20H2,1-4H3,(H2,34,41)(H,36,42)(H2,37,38,44)/t22?,25-,26-,46?/m1/s1. The van der Waals surface area contributed by atoms with Gasteiger partial charge in [-0.2, -0.15) is 0 Å². The minimum atomic E-state index is -1.44. The zero-order valence-electron chi connectivity index (χ0n) is 27.3. The molecule has 4 atom stereocenters. The molecule has 3 rings (SSSR count). The molecule has 0 bridgehead atoms. The van der Waals surface area contributed by atoms with Crippen LogP contribution in [0.15, 0.2) is 29.4 Å². The Morgan fingerprint density at radius 2 is 1.76 bits per heavy atom. The third kappa shape index (κ3) is 10.4. The molecule has 2 aliphatic rings. The number of rotatable bonds is 15. The van der Waals surface area contributed by atoms with E-state index in [0.717, 1.165) is 38.5 Å². The molecule has 0 saturated heterocycles. The molecule has 2 unspecified atom stereocenters. The molecule has 2 saturated carbocycles. The van der Waals surface area contributed by atoms with Crippen molar-refractivity contribution in [1.29, 1.82) is 0 Å². The number of halogens is 1. The summed E-state index contributed by atoms with van der Waals surface area (Å²) in [5.41, 5.74) is 3.81. The number of ketones is 1. The van der Waals surface area contributed by atoms with Crippen molar-refractivity contribution in [3.63, 3.8) is 0 Å². The van der Waals surface area contributed by atoms with Crippen LogP contribution in [0.4, 0.5) is 4.79 Å². The van der Waals surface area contributed by atoms with Crippen LogP contribution >= 0.6 is 22.6 Å². The number of Topliss-reactive ketones (excluding diaryl/α,β-unsaturated/α-hetero) is 1. The Kier molecular flexibility index (Phi) is 14.0. The van der Waals surface area contributed by atoms with Crippen LogP contribution in [0, 0.1) is 11.3 Å². The molecule has 12 nitrogen and oxygen atoms in total. The van der Waals surface area contributed by atoms with Crippen LogP contribution in [-0.2, 0) is 30.0 Å². The van der Waals surface area contributed by atoms with Gasteiger partial charge in [0.1, 0.15) is 11.1 Å². The second kappa shape index (κ2) is 17.0. The minimum Gasteiger partial charge on any atom is -0.363 e. The lowest BCUT2D eigenvalue weighted by Crippen LogP contribution is -2.63. The van der Waals surface area contributed by atoms with Gasteiger partial charge in [0.25, 0.3) is 11.8 Å². The first-order valence-electron chi connectivity index (χ1n) is 16.1. The van der Waals surface area contributed by atoms with Crippen LogP contribution in [-0.4, -0.2) is 77.6 Å². The maximum atomic E-state index is 14.2. The van der Waals surface area contributed by atoms with E-state index in [-0.39, 0.29) is 18.2 Å². The molecule has 1 heterocycles. The Balaban J connectivity index is 1.77. The van der Waals surface area contributed by atoms with E-state index in [4.69, 9.17) is 5.73 Å². The van der Waals surface area contributed by atoms with E-state index in [1.54, 1.807) is 24.4 Å². The molecule has 5 amide bonds. The van der Waals surface area contributed by atoms with Gasteiger partial charge < -0.3 is 26.6 Å². The number of carbonyl (C=O) groups excluding carboxylic acids is 5. The van der Waals surface area contributed by atoms with Crippen molar-refractivity contribution in [2.75, 3.05) is 12.3 Å². The Hall–Kier alpha value is -2.62. The second-order valence-electron chi connectivity index (χ2n) is 13.6. The Bertz CT molecular complexity index is 1270. The fraction of sp³-hybridized carbons (Fsp3) is 0.688. The lowest BCUT2D eigenvalue weighted by molar-refractivity contribution is -0.142. The molecule has 2 aliphatic carbocycles. The van der Waals surface area contributed by atoms with E-state index in [1.807, 2.05) is 50.3 Å². The molecule has 1 aromatic heterocycles. The summed E-state index contributed by atoms with van der Waals surface area (Å²) in [6.45, 7) is 7.58. The number of urea groups is 1. The summed E-state index contributed by atoms with van der Waals surface area (Å²) in [7, 11) is -1.44. The van der Waals surface area contributed by atoms with E-state index >= 15 is 0 Å². The van der Waals surface area contributed by atoms with E-state index < -0.39 is 67.4 Å². The molecule has 46 heavy (non-hydrogen) atoms. The third-order valence-corrected chi connectivity index (χ3v) is 11.5. The molecule has 5 N–H and O–H groups in total. The smallest absolute Gasteiger partial charge is 0.315 e. The van der Waals surface area contributed by atoms with Gasteiger partial charge in [0.15, 0.2) is 4.05 Å². The van der Waals surface area contributed by atoms with Gasteiger partial charge in [-0.25, -0.2) is 9.78 Å². The van der Waals surface area contributed by atoms with Crippen molar-refractivity contribution in [3.05, 3.63) is 24.4 Å². The number of nitrogens with one attached hydrogen (secondary N) is 3. The van der Waals surface area contributed by atoms with Gasteiger partial charge >= 0.3 is 6.03 Å². The number of aromatic nitrogens is 1. The van der Waals surface area contributed by atoms with Crippen LogP contribution < -0.4 is 21.7 Å². The zero-order chi connectivity index (χ0) is 34.1. The van der Waals surface area contributed by atoms with E-state index in [1.165, 1.54) is 4.90 Å². The topological polar surface area (TPSA) is 181 Å². The maximum Gasteiger partial charge on any atom is 0.315 e. The molecule has 1 aromatic rings. The van der Waals surface area contributed by atoms with Crippen LogP contribution in [0.1, 0.15) is 91.9 Å². The van der Waals surface area contributed by atoms with Crippen molar-refractivity contribution in [2.45, 2.75) is 119 Å². The molecule has 256 valence electrons. The monoisotopic (exact) mass is 772 g/mol. The lowest BCUT2D eigenvalue weighted by Gasteiger charge is -2.40. The summed E-state index contributed by atoms with van der Waals surface area (Å²) in [5.74, 6) is -2.59. The summed E-state index contributed by atoms with van der Waals surface area (Å²) < 4.78 is 12.2. The number of hydrogen-bond donors (Lipinski definition) is 4. The predicted molar refractivity (Wildman–Crippen MR) is 184 cm³/mol. The van der Waals surface area contributed by atoms with Crippen molar-refractivity contribution in [3.8, 4) is 0 Å². The number of alkyl halides is 1. The molecular formula is C32H49IN6O6S. The highest BCUT2D eigenvalue weighted by atomic mass is 127. The number of hydrogen-bond acceptors (Lipinski definition) is 7. The van der Waals surface area contributed by atoms with Crippen molar-refractivity contribution >= 4 is 62.9 Å². The fourth-order valence-electron chi connectivity index (χ4n) is 5.99. The number of pyridine rings is 1. The molecule has 0 aliphatic heterocycles. The highest BCUT2D eigenvalue weighted by molar-refractivity contribution is 14.1. The quantitative estimate of drug-likeness (QED) is 0.0914. The molecule has 14 heteroatoms. The average molecular weight is 773 g/mol. The Morgan fingerprint density at radius 1 is 1.09 bits per heavy atom. The number of nitrogens with two attached hydrogens (primary N) is 1. The molecule has 0 aromatic carbocycles.